The van der Waals surface area contributed by atoms with Crippen molar-refractivity contribution in [3.63, 3.8) is 0 Å². The van der Waals surface area contributed by atoms with Crippen LogP contribution >= 0.6 is 0 Å². The van der Waals surface area contributed by atoms with Crippen LogP contribution in [0.15, 0.2) is 0 Å². The lowest BCUT2D eigenvalue weighted by Gasteiger charge is -2.33. The van der Waals surface area contributed by atoms with Crippen LogP contribution in [0.2, 0.25) is 0 Å². The van der Waals surface area contributed by atoms with Gasteiger partial charge in [-0.1, -0.05) is 27.7 Å². The highest BCUT2D eigenvalue weighted by molar-refractivity contribution is 4.85. The van der Waals surface area contributed by atoms with Crippen molar-refractivity contribution in [2.24, 2.45) is 11.3 Å². The number of nitrogens with zero attached hydrogens (tertiary/aromatic N) is 1. The molecule has 1 saturated heterocycles. The summed E-state index contributed by atoms with van der Waals surface area (Å²) in [6, 6.07) is 0.778. The van der Waals surface area contributed by atoms with E-state index in [1.54, 1.807) is 0 Å². The third-order valence-corrected chi connectivity index (χ3v) is 3.57. The smallest absolute Gasteiger partial charge is 0.00702 e. The Morgan fingerprint density at radius 3 is 2.50 bits per heavy atom. The molecular weight excluding hydrogens is 196 g/mol. The summed E-state index contributed by atoms with van der Waals surface area (Å²) in [6.45, 7) is 16.5. The highest BCUT2D eigenvalue weighted by atomic mass is 15.2. The number of rotatable bonds is 6. The normalized spacial score (nSPS) is 27.6. The highest BCUT2D eigenvalue weighted by Crippen LogP contribution is 2.26. The Balaban J connectivity index is 2.33. The van der Waals surface area contributed by atoms with E-state index in [4.69, 9.17) is 0 Å². The van der Waals surface area contributed by atoms with E-state index in [0.717, 1.165) is 25.0 Å². The van der Waals surface area contributed by atoms with Crippen molar-refractivity contribution in [3.05, 3.63) is 0 Å². The average molecular weight is 226 g/mol. The fourth-order valence-corrected chi connectivity index (χ4v) is 2.82. The molecule has 1 N–H and O–H groups in total. The maximum atomic E-state index is 3.55. The van der Waals surface area contributed by atoms with Gasteiger partial charge in [0.15, 0.2) is 0 Å². The number of nitrogens with one attached hydrogen (secondary N) is 1. The summed E-state index contributed by atoms with van der Waals surface area (Å²) < 4.78 is 0. The molecule has 0 aromatic carbocycles. The Morgan fingerprint density at radius 2 is 2.00 bits per heavy atom. The average Bonchev–Trinajstić information content (AvgIpc) is 2.44. The van der Waals surface area contributed by atoms with Gasteiger partial charge in [-0.25, -0.2) is 0 Å². The summed E-state index contributed by atoms with van der Waals surface area (Å²) in [5, 5.41) is 3.55. The van der Waals surface area contributed by atoms with Gasteiger partial charge in [0.25, 0.3) is 0 Å². The van der Waals surface area contributed by atoms with Gasteiger partial charge in [0.2, 0.25) is 0 Å². The van der Waals surface area contributed by atoms with E-state index in [2.05, 4.69) is 44.8 Å². The molecule has 2 nitrogen and oxygen atoms in total. The van der Waals surface area contributed by atoms with Crippen LogP contribution in [-0.2, 0) is 0 Å². The summed E-state index contributed by atoms with van der Waals surface area (Å²) in [4.78, 5) is 2.66. The van der Waals surface area contributed by atoms with Crippen LogP contribution in [0.1, 0.15) is 47.5 Å². The summed E-state index contributed by atoms with van der Waals surface area (Å²) in [5.74, 6) is 0.884. The molecule has 2 unspecified atom stereocenters. The van der Waals surface area contributed by atoms with Crippen LogP contribution in [0.5, 0.6) is 0 Å². The highest BCUT2D eigenvalue weighted by Gasteiger charge is 2.30. The van der Waals surface area contributed by atoms with Crippen molar-refractivity contribution in [3.8, 4) is 0 Å². The predicted molar refractivity (Wildman–Crippen MR) is 71.8 cm³/mol. The maximum Gasteiger partial charge on any atom is 0.00702 e. The van der Waals surface area contributed by atoms with Gasteiger partial charge in [0, 0.05) is 25.7 Å². The van der Waals surface area contributed by atoms with Gasteiger partial charge in [-0.2, -0.15) is 0 Å². The van der Waals surface area contributed by atoms with E-state index >= 15 is 0 Å². The molecule has 0 aliphatic carbocycles. The van der Waals surface area contributed by atoms with Crippen molar-refractivity contribution >= 4 is 0 Å². The van der Waals surface area contributed by atoms with E-state index in [1.165, 1.54) is 25.9 Å². The molecule has 1 aliphatic rings. The topological polar surface area (TPSA) is 15.3 Å². The molecule has 0 aromatic rings. The predicted octanol–water partition coefficient (Wildman–Crippen LogP) is 2.74. The Morgan fingerprint density at radius 1 is 1.31 bits per heavy atom. The van der Waals surface area contributed by atoms with Crippen molar-refractivity contribution in [1.29, 1.82) is 0 Å². The van der Waals surface area contributed by atoms with Gasteiger partial charge in [0.1, 0.15) is 0 Å². The summed E-state index contributed by atoms with van der Waals surface area (Å²) in [6.07, 6.45) is 2.60. The monoisotopic (exact) mass is 226 g/mol. The number of hydrogen-bond acceptors (Lipinski definition) is 2. The fraction of sp³-hybridized carbons (Fsp3) is 1.00. The molecule has 2 atom stereocenters. The minimum atomic E-state index is 0.396. The molecule has 0 amide bonds. The SMILES string of the molecule is CCCNCC(C)(C)CN1CC(C)CC1C. The summed E-state index contributed by atoms with van der Waals surface area (Å²) in [7, 11) is 0. The minimum absolute atomic E-state index is 0.396. The fourth-order valence-electron chi connectivity index (χ4n) is 2.82. The second-order valence-corrected chi connectivity index (χ2v) is 6.46. The quantitative estimate of drug-likeness (QED) is 0.701. The van der Waals surface area contributed by atoms with Crippen LogP contribution < -0.4 is 5.32 Å². The molecule has 0 spiro atoms. The molecule has 1 aliphatic heterocycles. The van der Waals surface area contributed by atoms with Gasteiger partial charge in [0.05, 0.1) is 0 Å². The first kappa shape index (κ1) is 14.0. The standard InChI is InChI=1S/C14H30N2/c1-6-7-15-10-14(4,5)11-16-9-12(2)8-13(16)3/h12-13,15H,6-11H2,1-5H3. The van der Waals surface area contributed by atoms with Gasteiger partial charge in [-0.3, -0.25) is 4.90 Å². The first-order valence-electron chi connectivity index (χ1n) is 6.89. The second-order valence-electron chi connectivity index (χ2n) is 6.46. The van der Waals surface area contributed by atoms with Crippen LogP contribution in [0.3, 0.4) is 0 Å². The molecular formula is C14H30N2. The lowest BCUT2D eigenvalue weighted by Crippen LogP contribution is -2.42. The Bertz CT molecular complexity index is 201. The van der Waals surface area contributed by atoms with Gasteiger partial charge in [-0.15, -0.1) is 0 Å². The molecule has 0 aromatic heterocycles. The van der Waals surface area contributed by atoms with Gasteiger partial charge >= 0.3 is 0 Å². The number of hydrogen-bond donors (Lipinski definition) is 1. The van der Waals surface area contributed by atoms with Gasteiger partial charge < -0.3 is 5.32 Å². The lowest BCUT2D eigenvalue weighted by molar-refractivity contribution is 0.167. The van der Waals surface area contributed by atoms with E-state index in [1.807, 2.05) is 0 Å². The van der Waals surface area contributed by atoms with Crippen molar-refractivity contribution in [1.82, 2.24) is 10.2 Å². The van der Waals surface area contributed by atoms with Crippen LogP contribution in [0.25, 0.3) is 0 Å². The molecule has 0 bridgehead atoms. The third-order valence-electron chi connectivity index (χ3n) is 3.57. The van der Waals surface area contributed by atoms with E-state index in [0.29, 0.717) is 5.41 Å². The van der Waals surface area contributed by atoms with E-state index in [9.17, 15) is 0 Å². The Hall–Kier alpha value is -0.0800. The van der Waals surface area contributed by atoms with Crippen LogP contribution in [0.4, 0.5) is 0 Å². The zero-order chi connectivity index (χ0) is 12.2. The van der Waals surface area contributed by atoms with Crippen molar-refractivity contribution in [2.45, 2.75) is 53.5 Å². The first-order valence-corrected chi connectivity index (χ1v) is 6.89. The number of likely N-dealkylation sites (tertiary alicyclic amines) is 1. The summed E-state index contributed by atoms with van der Waals surface area (Å²) >= 11 is 0. The second kappa shape index (κ2) is 6.02. The van der Waals surface area contributed by atoms with Gasteiger partial charge in [-0.05, 0) is 37.6 Å². The first-order chi connectivity index (χ1) is 7.44. The van der Waals surface area contributed by atoms with Crippen molar-refractivity contribution < 1.29 is 0 Å². The zero-order valence-electron chi connectivity index (χ0n) is 11.8. The molecule has 0 radical (unpaired) electrons. The van der Waals surface area contributed by atoms with Crippen molar-refractivity contribution in [2.75, 3.05) is 26.2 Å². The minimum Gasteiger partial charge on any atom is -0.316 e. The molecule has 1 rings (SSSR count). The Labute approximate surface area is 102 Å². The molecule has 2 heteroatoms. The molecule has 96 valence electrons. The van der Waals surface area contributed by atoms with Crippen LogP contribution in [0, 0.1) is 11.3 Å². The molecule has 16 heavy (non-hydrogen) atoms. The largest absolute Gasteiger partial charge is 0.316 e. The zero-order valence-corrected chi connectivity index (χ0v) is 11.8. The Kier molecular flexibility index (Phi) is 5.26. The lowest BCUT2D eigenvalue weighted by atomic mass is 9.92. The molecule has 1 heterocycles. The summed E-state index contributed by atoms with van der Waals surface area (Å²) in [5.41, 5.74) is 0.396. The third kappa shape index (κ3) is 4.42. The molecule has 1 fully saturated rings. The maximum absolute atomic E-state index is 3.55. The molecule has 0 saturated carbocycles. The van der Waals surface area contributed by atoms with E-state index < -0.39 is 0 Å². The van der Waals surface area contributed by atoms with E-state index in [-0.39, 0.29) is 0 Å². The van der Waals surface area contributed by atoms with Crippen LogP contribution in [-0.4, -0.2) is 37.1 Å².